The smallest absolute Gasteiger partial charge is 0.222 e. The van der Waals surface area contributed by atoms with E-state index < -0.39 is 6.04 Å². The summed E-state index contributed by atoms with van der Waals surface area (Å²) in [4.78, 5) is 19.1. The van der Waals surface area contributed by atoms with Gasteiger partial charge in [0.05, 0.1) is 24.9 Å². The van der Waals surface area contributed by atoms with Gasteiger partial charge in [0.15, 0.2) is 5.82 Å². The van der Waals surface area contributed by atoms with Crippen molar-refractivity contribution in [2.24, 2.45) is 4.99 Å². The normalized spacial score (nSPS) is 14.9. The van der Waals surface area contributed by atoms with Crippen molar-refractivity contribution >= 4 is 34.6 Å². The van der Waals surface area contributed by atoms with E-state index in [-0.39, 0.29) is 18.9 Å². The third-order valence-corrected chi connectivity index (χ3v) is 7.11. The summed E-state index contributed by atoms with van der Waals surface area (Å²) >= 11 is 7.82. The highest BCUT2D eigenvalue weighted by molar-refractivity contribution is 7.15. The lowest BCUT2D eigenvalue weighted by atomic mass is 9.99. The van der Waals surface area contributed by atoms with Crippen molar-refractivity contribution in [2.75, 3.05) is 0 Å². The number of fused-ring (bicyclic) bond motifs is 3. The van der Waals surface area contributed by atoms with E-state index in [0.29, 0.717) is 16.5 Å². The van der Waals surface area contributed by atoms with Crippen molar-refractivity contribution in [3.63, 3.8) is 0 Å². The number of H-pyrrole nitrogens is 1. The second kappa shape index (κ2) is 8.53. The molecule has 0 aliphatic carbocycles. The van der Waals surface area contributed by atoms with Crippen molar-refractivity contribution in [3.05, 3.63) is 74.4 Å². The van der Waals surface area contributed by atoms with Gasteiger partial charge < -0.3 is 5.32 Å². The number of aliphatic imine (C=N–C) groups is 1. The van der Waals surface area contributed by atoms with Crippen LogP contribution in [0.2, 0.25) is 5.02 Å². The number of nitrogens with one attached hydrogen (secondary N) is 2. The third kappa shape index (κ3) is 3.96. The van der Waals surface area contributed by atoms with Crippen molar-refractivity contribution in [1.82, 2.24) is 35.5 Å². The molecule has 3 aromatic heterocycles. The number of nitrogens with zero attached hydrogens (tertiary/aromatic N) is 6. The number of aromatic amines is 1. The zero-order valence-corrected chi connectivity index (χ0v) is 19.8. The molecular weight excluding hydrogens is 460 g/mol. The number of amides is 1. The second-order valence-corrected chi connectivity index (χ2v) is 9.49. The van der Waals surface area contributed by atoms with Gasteiger partial charge in [-0.3, -0.25) is 14.4 Å². The van der Waals surface area contributed by atoms with Gasteiger partial charge in [-0.1, -0.05) is 23.7 Å². The summed E-state index contributed by atoms with van der Waals surface area (Å²) in [5.41, 5.74) is 4.60. The molecule has 1 atom stereocenters. The van der Waals surface area contributed by atoms with E-state index in [1.54, 1.807) is 17.5 Å². The lowest BCUT2D eigenvalue weighted by Crippen LogP contribution is -2.25. The highest BCUT2D eigenvalue weighted by Gasteiger charge is 2.32. The molecule has 0 spiro atoms. The van der Waals surface area contributed by atoms with E-state index in [1.165, 1.54) is 4.88 Å². The van der Waals surface area contributed by atoms with Crippen molar-refractivity contribution in [1.29, 1.82) is 0 Å². The molecule has 5 rings (SSSR count). The van der Waals surface area contributed by atoms with E-state index in [0.717, 1.165) is 33.2 Å². The lowest BCUT2D eigenvalue weighted by molar-refractivity contribution is -0.121. The van der Waals surface area contributed by atoms with E-state index in [4.69, 9.17) is 16.6 Å². The van der Waals surface area contributed by atoms with Crippen LogP contribution in [0.3, 0.4) is 0 Å². The molecule has 0 bridgehead atoms. The molecule has 1 aromatic carbocycles. The number of carbonyl (C=O) groups is 1. The van der Waals surface area contributed by atoms with Crippen molar-refractivity contribution in [2.45, 2.75) is 39.8 Å². The number of rotatable bonds is 5. The van der Waals surface area contributed by atoms with Crippen molar-refractivity contribution < 1.29 is 4.79 Å². The molecule has 4 aromatic rings. The first-order chi connectivity index (χ1) is 15.9. The Labute approximate surface area is 198 Å². The Morgan fingerprint density at radius 3 is 2.73 bits per heavy atom. The number of hydrogen-bond donors (Lipinski definition) is 2. The zero-order valence-electron chi connectivity index (χ0n) is 18.3. The molecule has 4 heterocycles. The number of halogens is 1. The summed E-state index contributed by atoms with van der Waals surface area (Å²) in [7, 11) is 0. The molecule has 1 amide bonds. The summed E-state index contributed by atoms with van der Waals surface area (Å²) in [6.07, 6.45) is 1.70. The first-order valence-corrected chi connectivity index (χ1v) is 11.6. The van der Waals surface area contributed by atoms with E-state index in [9.17, 15) is 4.79 Å². The number of aromatic nitrogens is 6. The minimum absolute atomic E-state index is 0.125. The Bertz CT molecular complexity index is 1350. The largest absolute Gasteiger partial charge is 0.350 e. The quantitative estimate of drug-likeness (QED) is 0.452. The van der Waals surface area contributed by atoms with Crippen LogP contribution in [-0.4, -0.2) is 41.8 Å². The highest BCUT2D eigenvalue weighted by Crippen LogP contribution is 2.39. The number of benzene rings is 1. The van der Waals surface area contributed by atoms with Crippen LogP contribution in [0.25, 0.3) is 5.00 Å². The fourth-order valence-corrected chi connectivity index (χ4v) is 5.22. The number of thiophene rings is 1. The van der Waals surface area contributed by atoms with Crippen LogP contribution in [0, 0.1) is 20.8 Å². The maximum Gasteiger partial charge on any atom is 0.222 e. The Kier molecular flexibility index (Phi) is 5.55. The standard InChI is InChI=1S/C22H21ClN8OS/c1-11-12(2)33-22-19(11)20(14-4-6-15(23)7-5-14)26-17(21-29-27-13(3)31(21)22)8-18(32)24-9-16-10-25-30-28-16/h4-7,10,17H,8-9H2,1-3H3,(H,24,32)(H,25,28,30)/t17-/m0/s1. The Morgan fingerprint density at radius 1 is 1.21 bits per heavy atom. The Hall–Kier alpha value is -3.37. The molecule has 0 radical (unpaired) electrons. The van der Waals surface area contributed by atoms with E-state index in [1.807, 2.05) is 35.8 Å². The first kappa shape index (κ1) is 21.5. The van der Waals surface area contributed by atoms with Crippen molar-refractivity contribution in [3.8, 4) is 5.00 Å². The monoisotopic (exact) mass is 480 g/mol. The average molecular weight is 481 g/mol. The van der Waals surface area contributed by atoms with Gasteiger partial charge in [-0.25, -0.2) is 0 Å². The van der Waals surface area contributed by atoms with Crippen LogP contribution in [0.5, 0.6) is 0 Å². The molecule has 0 saturated heterocycles. The van der Waals surface area contributed by atoms with Crippen LogP contribution < -0.4 is 5.32 Å². The van der Waals surface area contributed by atoms with Gasteiger partial charge in [0.25, 0.3) is 0 Å². The topological polar surface area (TPSA) is 114 Å². The molecule has 9 nitrogen and oxygen atoms in total. The summed E-state index contributed by atoms with van der Waals surface area (Å²) in [5.74, 6) is 1.25. The Morgan fingerprint density at radius 2 is 2.00 bits per heavy atom. The maximum absolute atomic E-state index is 12.8. The summed E-state index contributed by atoms with van der Waals surface area (Å²) in [6, 6.07) is 7.11. The predicted octanol–water partition coefficient (Wildman–Crippen LogP) is 3.62. The Balaban J connectivity index is 1.59. The summed E-state index contributed by atoms with van der Waals surface area (Å²) < 4.78 is 2.03. The van der Waals surface area contributed by atoms with Gasteiger partial charge in [-0.15, -0.1) is 21.5 Å². The van der Waals surface area contributed by atoms with Gasteiger partial charge in [-0.2, -0.15) is 15.4 Å². The van der Waals surface area contributed by atoms with Gasteiger partial charge in [0, 0.05) is 21.0 Å². The molecule has 168 valence electrons. The molecule has 11 heteroatoms. The first-order valence-electron chi connectivity index (χ1n) is 10.4. The molecule has 0 unspecified atom stereocenters. The summed E-state index contributed by atoms with van der Waals surface area (Å²) in [6.45, 7) is 6.40. The number of aryl methyl sites for hydroxylation is 2. The van der Waals surface area contributed by atoms with Crippen LogP contribution in [0.1, 0.15) is 51.4 Å². The van der Waals surface area contributed by atoms with Crippen LogP contribution in [-0.2, 0) is 11.3 Å². The van der Waals surface area contributed by atoms with Crippen LogP contribution in [0.15, 0.2) is 35.5 Å². The third-order valence-electron chi connectivity index (χ3n) is 5.67. The van der Waals surface area contributed by atoms with Gasteiger partial charge >= 0.3 is 0 Å². The minimum Gasteiger partial charge on any atom is -0.350 e. The molecule has 0 fully saturated rings. The summed E-state index contributed by atoms with van der Waals surface area (Å²) in [5, 5.41) is 23.6. The molecule has 0 saturated carbocycles. The van der Waals surface area contributed by atoms with Crippen LogP contribution >= 0.6 is 22.9 Å². The number of hydrogen-bond acceptors (Lipinski definition) is 7. The van der Waals surface area contributed by atoms with E-state index in [2.05, 4.69) is 44.8 Å². The van der Waals surface area contributed by atoms with Crippen LogP contribution in [0.4, 0.5) is 0 Å². The average Bonchev–Trinajstić information content (AvgIpc) is 3.49. The fraction of sp³-hybridized carbons (Fsp3) is 0.273. The fourth-order valence-electron chi connectivity index (χ4n) is 3.88. The maximum atomic E-state index is 12.8. The van der Waals surface area contributed by atoms with Gasteiger partial charge in [-0.05, 0) is 38.5 Å². The minimum atomic E-state index is -0.506. The molecule has 33 heavy (non-hydrogen) atoms. The second-order valence-electron chi connectivity index (χ2n) is 7.85. The molecular formula is C22H21ClN8OS. The SMILES string of the molecule is Cc1sc2c(c1C)C(c1ccc(Cl)cc1)=N[C@@H](CC(=O)NCc1cn[nH]n1)c1nnc(C)n1-2. The lowest BCUT2D eigenvalue weighted by Gasteiger charge is -2.13. The van der Waals surface area contributed by atoms with Gasteiger partial charge in [0.2, 0.25) is 5.91 Å². The number of carbonyl (C=O) groups excluding carboxylic acids is 1. The molecule has 1 aliphatic rings. The van der Waals surface area contributed by atoms with E-state index >= 15 is 0 Å². The van der Waals surface area contributed by atoms with Gasteiger partial charge in [0.1, 0.15) is 22.6 Å². The zero-order chi connectivity index (χ0) is 23.1. The predicted molar refractivity (Wildman–Crippen MR) is 126 cm³/mol. The molecule has 2 N–H and O–H groups in total. The molecule has 1 aliphatic heterocycles. The highest BCUT2D eigenvalue weighted by atomic mass is 35.5.